The second-order valence-corrected chi connectivity index (χ2v) is 3.21. The molecule has 0 aliphatic carbocycles. The molecular formula is C9H16N4. The minimum atomic E-state index is 0.0289. The minimum Gasteiger partial charge on any atom is -0.318 e. The summed E-state index contributed by atoms with van der Waals surface area (Å²) in [7, 11) is 1.83. The highest BCUT2D eigenvalue weighted by atomic mass is 15.5. The van der Waals surface area contributed by atoms with E-state index in [2.05, 4.69) is 6.58 Å². The number of allylic oxidation sites excluding steroid dienone is 1. The first-order valence-corrected chi connectivity index (χ1v) is 4.20. The van der Waals surface area contributed by atoms with Crippen molar-refractivity contribution in [2.75, 3.05) is 7.05 Å². The highest BCUT2D eigenvalue weighted by molar-refractivity contribution is 5.80. The topological polar surface area (TPSA) is 56.4 Å². The van der Waals surface area contributed by atoms with Crippen LogP contribution in [0.25, 0.3) is 0 Å². The van der Waals surface area contributed by atoms with Gasteiger partial charge in [0.15, 0.2) is 0 Å². The highest BCUT2D eigenvalue weighted by Gasteiger charge is 2.27. The Morgan fingerprint density at radius 1 is 1.62 bits per heavy atom. The largest absolute Gasteiger partial charge is 0.318 e. The van der Waals surface area contributed by atoms with E-state index >= 15 is 0 Å². The summed E-state index contributed by atoms with van der Waals surface area (Å²) in [5, 5.41) is 9.12. The minimum absolute atomic E-state index is 0.0289. The zero-order chi connectivity index (χ0) is 10.2. The molecule has 1 rings (SSSR count). The molecule has 4 heteroatoms. The van der Waals surface area contributed by atoms with Crippen LogP contribution >= 0.6 is 0 Å². The molecule has 3 N–H and O–H groups in total. The van der Waals surface area contributed by atoms with Gasteiger partial charge >= 0.3 is 0 Å². The Labute approximate surface area is 78.8 Å². The van der Waals surface area contributed by atoms with Gasteiger partial charge in [-0.1, -0.05) is 12.7 Å². The van der Waals surface area contributed by atoms with Gasteiger partial charge < -0.3 is 4.90 Å². The summed E-state index contributed by atoms with van der Waals surface area (Å²) in [6.45, 7) is 7.67. The predicted molar refractivity (Wildman–Crippen MR) is 53.9 cm³/mol. The Bertz CT molecular complexity index is 279. The molecule has 4 nitrogen and oxygen atoms in total. The Hall–Kier alpha value is -1.29. The van der Waals surface area contributed by atoms with Gasteiger partial charge in [-0.15, -0.1) is 0 Å². The molecule has 0 saturated carbocycles. The van der Waals surface area contributed by atoms with Crippen molar-refractivity contribution in [3.05, 3.63) is 23.9 Å². The van der Waals surface area contributed by atoms with E-state index in [-0.39, 0.29) is 6.04 Å². The smallest absolute Gasteiger partial charge is 0.212 e. The average Bonchev–Trinajstić information content (AvgIpc) is 2.13. The number of hydrogen-bond acceptors (Lipinski definition) is 2. The number of hydrazine groups is 1. The quantitative estimate of drug-likeness (QED) is 0.589. The summed E-state index contributed by atoms with van der Waals surface area (Å²) in [4.78, 5) is 1.75. The number of nitrogens with zero attached hydrogens (tertiary/aromatic N) is 2. The first-order valence-electron chi connectivity index (χ1n) is 4.20. The summed E-state index contributed by atoms with van der Waals surface area (Å²) in [5.74, 6) is 6.04. The van der Waals surface area contributed by atoms with Gasteiger partial charge in [0.05, 0.1) is 6.04 Å². The number of guanidine groups is 1. The molecule has 0 bridgehead atoms. The van der Waals surface area contributed by atoms with Gasteiger partial charge in [0.2, 0.25) is 5.96 Å². The van der Waals surface area contributed by atoms with Gasteiger partial charge in [0.25, 0.3) is 0 Å². The number of rotatable bonds is 1. The first-order chi connectivity index (χ1) is 6.00. The summed E-state index contributed by atoms with van der Waals surface area (Å²) in [5.41, 5.74) is 2.11. The number of nitrogens with one attached hydrogen (secondary N) is 1. The van der Waals surface area contributed by atoms with Crippen LogP contribution in [0, 0.1) is 5.41 Å². The van der Waals surface area contributed by atoms with E-state index in [1.807, 2.05) is 20.9 Å². The molecule has 1 atom stereocenters. The summed E-state index contributed by atoms with van der Waals surface area (Å²) >= 11 is 0. The molecule has 1 aliphatic rings. The molecule has 0 radical (unpaired) electrons. The van der Waals surface area contributed by atoms with Crippen LogP contribution in [0.15, 0.2) is 23.9 Å². The molecule has 0 saturated heterocycles. The van der Waals surface area contributed by atoms with Crippen molar-refractivity contribution < 1.29 is 0 Å². The van der Waals surface area contributed by atoms with E-state index in [4.69, 9.17) is 11.3 Å². The molecule has 0 aromatic rings. The van der Waals surface area contributed by atoms with Crippen molar-refractivity contribution in [2.24, 2.45) is 5.84 Å². The average molecular weight is 180 g/mol. The molecule has 0 amide bonds. The van der Waals surface area contributed by atoms with Crippen molar-refractivity contribution >= 4 is 5.96 Å². The molecule has 0 spiro atoms. The van der Waals surface area contributed by atoms with Crippen molar-refractivity contribution in [3.63, 3.8) is 0 Å². The highest BCUT2D eigenvalue weighted by Crippen LogP contribution is 2.22. The molecule has 0 fully saturated rings. The fraction of sp³-hybridized carbons (Fsp3) is 0.444. The normalized spacial score (nSPS) is 24.0. The molecule has 72 valence electrons. The second-order valence-electron chi connectivity index (χ2n) is 3.21. The van der Waals surface area contributed by atoms with E-state index in [9.17, 15) is 0 Å². The summed E-state index contributed by atoms with van der Waals surface area (Å²) in [6, 6.07) is 0.0289. The lowest BCUT2D eigenvalue weighted by atomic mass is 10.0. The van der Waals surface area contributed by atoms with Crippen LogP contribution in [-0.2, 0) is 0 Å². The zero-order valence-corrected chi connectivity index (χ0v) is 8.33. The predicted octanol–water partition coefficient (Wildman–Crippen LogP) is 0.891. The third-order valence-corrected chi connectivity index (χ3v) is 2.57. The van der Waals surface area contributed by atoms with Gasteiger partial charge in [-0.25, -0.2) is 5.84 Å². The van der Waals surface area contributed by atoms with Crippen molar-refractivity contribution in [1.29, 1.82) is 5.41 Å². The fourth-order valence-electron chi connectivity index (χ4n) is 1.48. The van der Waals surface area contributed by atoms with Gasteiger partial charge in [-0.2, -0.15) is 0 Å². The lowest BCUT2D eigenvalue weighted by molar-refractivity contribution is 0.307. The van der Waals surface area contributed by atoms with Crippen molar-refractivity contribution in [1.82, 2.24) is 9.91 Å². The maximum Gasteiger partial charge on any atom is 0.212 e. The van der Waals surface area contributed by atoms with Crippen LogP contribution in [-0.4, -0.2) is 29.0 Å². The van der Waals surface area contributed by atoms with E-state index in [1.165, 1.54) is 5.01 Å². The third kappa shape index (κ3) is 1.33. The van der Waals surface area contributed by atoms with Gasteiger partial charge in [-0.05, 0) is 19.4 Å². The third-order valence-electron chi connectivity index (χ3n) is 2.57. The second kappa shape index (κ2) is 3.22. The van der Waals surface area contributed by atoms with Crippen LogP contribution in [0.5, 0.6) is 0 Å². The lowest BCUT2D eigenvalue weighted by Gasteiger charge is -2.39. The first kappa shape index (κ1) is 9.80. The van der Waals surface area contributed by atoms with Gasteiger partial charge in [-0.3, -0.25) is 10.4 Å². The summed E-state index contributed by atoms with van der Waals surface area (Å²) in [6.07, 6.45) is 1.79. The molecule has 13 heavy (non-hydrogen) atoms. The van der Waals surface area contributed by atoms with Crippen LogP contribution < -0.4 is 5.84 Å². The molecular weight excluding hydrogens is 164 g/mol. The van der Waals surface area contributed by atoms with Crippen LogP contribution in [0.3, 0.4) is 0 Å². The van der Waals surface area contributed by atoms with Gasteiger partial charge in [0, 0.05) is 12.7 Å². The van der Waals surface area contributed by atoms with Crippen molar-refractivity contribution in [2.45, 2.75) is 19.9 Å². The number of nitrogens with two attached hydrogens (primary N) is 1. The maximum atomic E-state index is 7.68. The standard InChI is InChI=1S/C9H16N4/c1-5-8-6(2)12(4)9(10)13(11)7(8)3/h5,7,10H,1,11H2,2-4H3. The van der Waals surface area contributed by atoms with E-state index in [0.717, 1.165) is 11.3 Å². The monoisotopic (exact) mass is 180 g/mol. The van der Waals surface area contributed by atoms with Crippen LogP contribution in [0.4, 0.5) is 0 Å². The SMILES string of the molecule is C=CC1=C(C)N(C)C(=N)N(N)C1C. The Kier molecular flexibility index (Phi) is 2.43. The van der Waals surface area contributed by atoms with Crippen LogP contribution in [0.1, 0.15) is 13.8 Å². The summed E-state index contributed by atoms with van der Waals surface area (Å²) < 4.78 is 0. The van der Waals surface area contributed by atoms with Crippen molar-refractivity contribution in [3.8, 4) is 0 Å². The molecule has 1 heterocycles. The van der Waals surface area contributed by atoms with Gasteiger partial charge in [0.1, 0.15) is 0 Å². The maximum absolute atomic E-state index is 7.68. The van der Waals surface area contributed by atoms with E-state index < -0.39 is 0 Å². The Morgan fingerprint density at radius 2 is 2.15 bits per heavy atom. The fourth-order valence-corrected chi connectivity index (χ4v) is 1.48. The Morgan fingerprint density at radius 3 is 2.62 bits per heavy atom. The Balaban J connectivity index is 3.17. The number of hydrogen-bond donors (Lipinski definition) is 2. The molecule has 1 aliphatic heterocycles. The zero-order valence-electron chi connectivity index (χ0n) is 8.33. The van der Waals surface area contributed by atoms with E-state index in [1.54, 1.807) is 11.0 Å². The lowest BCUT2D eigenvalue weighted by Crippen LogP contribution is -2.54. The molecule has 0 aromatic heterocycles. The van der Waals surface area contributed by atoms with Crippen LogP contribution in [0.2, 0.25) is 0 Å². The molecule has 1 unspecified atom stereocenters. The molecule has 0 aromatic carbocycles. The van der Waals surface area contributed by atoms with E-state index in [0.29, 0.717) is 5.96 Å².